The average molecular weight is 566 g/mol. The van der Waals surface area contributed by atoms with Crippen LogP contribution in [0.5, 0.6) is 11.5 Å². The van der Waals surface area contributed by atoms with Crippen LogP contribution in [0.15, 0.2) is 146 Å². The normalized spacial score (nSPS) is 14.6. The predicted octanol–water partition coefficient (Wildman–Crippen LogP) is 9.66. The van der Waals surface area contributed by atoms with Gasteiger partial charge < -0.3 is 10.1 Å². The molecule has 0 saturated heterocycles. The minimum Gasteiger partial charge on any atom is -0.456 e. The minimum absolute atomic E-state index is 0.112. The van der Waals surface area contributed by atoms with E-state index in [-0.39, 0.29) is 6.04 Å². The third-order valence-electron chi connectivity index (χ3n) is 8.72. The highest BCUT2D eigenvalue weighted by Gasteiger charge is 2.33. The fraction of sp³-hybridized carbons (Fsp3) is 0.0250. The molecule has 2 aliphatic heterocycles. The molecule has 208 valence electrons. The van der Waals surface area contributed by atoms with Gasteiger partial charge in [-0.2, -0.15) is 0 Å². The van der Waals surface area contributed by atoms with Crippen molar-refractivity contribution < 1.29 is 4.74 Å². The number of nitrogens with zero attached hydrogens (tertiary/aromatic N) is 2. The van der Waals surface area contributed by atoms with Gasteiger partial charge in [-0.25, -0.2) is 4.98 Å². The molecule has 1 unspecified atom stereocenters. The number of ether oxygens (including phenoxy) is 1. The first-order valence-electron chi connectivity index (χ1n) is 14.9. The van der Waals surface area contributed by atoms with E-state index in [0.29, 0.717) is 0 Å². The van der Waals surface area contributed by atoms with Gasteiger partial charge in [0.2, 0.25) is 0 Å². The van der Waals surface area contributed by atoms with Gasteiger partial charge in [0.1, 0.15) is 17.3 Å². The number of rotatable bonds is 3. The van der Waals surface area contributed by atoms with Gasteiger partial charge in [0.25, 0.3) is 0 Å². The molecule has 5 aromatic carbocycles. The third-order valence-corrected chi connectivity index (χ3v) is 8.72. The Kier molecular flexibility index (Phi) is 5.53. The second-order valence-corrected chi connectivity index (χ2v) is 11.2. The molecule has 0 radical (unpaired) electrons. The lowest BCUT2D eigenvalue weighted by molar-refractivity contribution is 0.475. The topological polar surface area (TPSA) is 39.1 Å². The lowest BCUT2D eigenvalue weighted by Gasteiger charge is -2.30. The van der Waals surface area contributed by atoms with Crippen LogP contribution < -0.4 is 10.1 Å². The van der Waals surface area contributed by atoms with Gasteiger partial charge >= 0.3 is 0 Å². The SMILES string of the molecule is C1=C(c2ccccc2)NC(c2cccc3c2Oc2ccccc2-c2c-3c3ccccc3n2-c2ccccn2)c2ccccc21. The van der Waals surface area contributed by atoms with Crippen LogP contribution in [0.4, 0.5) is 0 Å². The molecule has 2 aromatic heterocycles. The van der Waals surface area contributed by atoms with E-state index < -0.39 is 0 Å². The zero-order valence-corrected chi connectivity index (χ0v) is 23.8. The number of benzene rings is 5. The van der Waals surface area contributed by atoms with E-state index >= 15 is 0 Å². The van der Waals surface area contributed by atoms with Gasteiger partial charge in [-0.1, -0.05) is 109 Å². The van der Waals surface area contributed by atoms with Crippen molar-refractivity contribution in [1.29, 1.82) is 0 Å². The van der Waals surface area contributed by atoms with Crippen molar-refractivity contribution in [3.63, 3.8) is 0 Å². The summed E-state index contributed by atoms with van der Waals surface area (Å²) in [6.45, 7) is 0. The molecule has 2 aliphatic rings. The molecule has 4 heterocycles. The highest BCUT2D eigenvalue weighted by Crippen LogP contribution is 2.54. The Labute approximate surface area is 255 Å². The molecular weight excluding hydrogens is 538 g/mol. The van der Waals surface area contributed by atoms with E-state index in [9.17, 15) is 0 Å². The molecule has 44 heavy (non-hydrogen) atoms. The molecule has 4 nitrogen and oxygen atoms in total. The Bertz CT molecular complexity index is 2230. The molecule has 1 N–H and O–H groups in total. The number of fused-ring (bicyclic) bond motifs is 8. The van der Waals surface area contributed by atoms with Crippen LogP contribution in [0.1, 0.15) is 28.3 Å². The molecule has 0 fully saturated rings. The molecule has 0 aliphatic carbocycles. The zero-order valence-electron chi connectivity index (χ0n) is 23.8. The number of hydrogen-bond acceptors (Lipinski definition) is 3. The summed E-state index contributed by atoms with van der Waals surface area (Å²) >= 11 is 0. The summed E-state index contributed by atoms with van der Waals surface area (Å²) < 4.78 is 9.31. The molecule has 0 saturated carbocycles. The molecule has 0 bridgehead atoms. The van der Waals surface area contributed by atoms with Crippen molar-refractivity contribution in [1.82, 2.24) is 14.9 Å². The summed E-state index contributed by atoms with van der Waals surface area (Å²) in [5.41, 5.74) is 11.2. The van der Waals surface area contributed by atoms with Crippen LogP contribution in [0, 0.1) is 0 Å². The summed E-state index contributed by atoms with van der Waals surface area (Å²) in [4.78, 5) is 4.80. The quantitative estimate of drug-likeness (QED) is 0.232. The summed E-state index contributed by atoms with van der Waals surface area (Å²) in [7, 11) is 0. The Balaban J connectivity index is 1.33. The third kappa shape index (κ3) is 3.74. The summed E-state index contributed by atoms with van der Waals surface area (Å²) in [5.74, 6) is 2.56. The standard InChI is InChI=1S/C40H27N3O/c1-2-13-26(14-3-1)33-25-27-15-4-5-16-28(27)38(42-33)32-20-12-19-31-37-29-17-6-8-21-34(29)43(36-23-10-11-24-41-36)39(37)30-18-7-9-22-35(30)44-40(31)32/h1-25,38,42H. The highest BCUT2D eigenvalue weighted by atomic mass is 16.5. The molecule has 9 rings (SSSR count). The lowest BCUT2D eigenvalue weighted by Crippen LogP contribution is -2.25. The monoisotopic (exact) mass is 565 g/mol. The number of nitrogens with one attached hydrogen (secondary N) is 1. The fourth-order valence-electron chi connectivity index (χ4n) is 6.81. The van der Waals surface area contributed by atoms with Crippen LogP contribution >= 0.6 is 0 Å². The maximum atomic E-state index is 7.03. The van der Waals surface area contributed by atoms with Crippen molar-refractivity contribution >= 4 is 22.7 Å². The Morgan fingerprint density at radius 2 is 1.39 bits per heavy atom. The van der Waals surface area contributed by atoms with Crippen LogP contribution in [-0.4, -0.2) is 9.55 Å². The van der Waals surface area contributed by atoms with E-state index in [1.807, 2.05) is 24.4 Å². The molecule has 0 spiro atoms. The van der Waals surface area contributed by atoms with Gasteiger partial charge in [-0.15, -0.1) is 0 Å². The van der Waals surface area contributed by atoms with Crippen molar-refractivity contribution in [2.45, 2.75) is 6.04 Å². The van der Waals surface area contributed by atoms with E-state index in [1.54, 1.807) is 0 Å². The first-order chi connectivity index (χ1) is 21.8. The van der Waals surface area contributed by atoms with Crippen molar-refractivity contribution in [2.75, 3.05) is 0 Å². The molecule has 0 amide bonds. The van der Waals surface area contributed by atoms with Crippen molar-refractivity contribution in [2.24, 2.45) is 0 Å². The van der Waals surface area contributed by atoms with Crippen LogP contribution in [0.3, 0.4) is 0 Å². The molecule has 7 aromatic rings. The maximum Gasteiger partial charge on any atom is 0.140 e. The van der Waals surface area contributed by atoms with Crippen molar-refractivity contribution in [3.05, 3.63) is 168 Å². The molecule has 4 heteroatoms. The summed E-state index contributed by atoms with van der Waals surface area (Å²) in [5, 5.41) is 5.06. The molecular formula is C40H27N3O. The fourth-order valence-corrected chi connectivity index (χ4v) is 6.81. The van der Waals surface area contributed by atoms with E-state index in [0.717, 1.165) is 67.4 Å². The second kappa shape index (κ2) is 9.85. The second-order valence-electron chi connectivity index (χ2n) is 11.2. The van der Waals surface area contributed by atoms with Gasteiger partial charge in [0, 0.05) is 39.5 Å². The predicted molar refractivity (Wildman–Crippen MR) is 178 cm³/mol. The summed E-state index contributed by atoms with van der Waals surface area (Å²) in [6, 6.07) is 48.6. The minimum atomic E-state index is -0.112. The highest BCUT2D eigenvalue weighted by molar-refractivity contribution is 6.08. The maximum absolute atomic E-state index is 7.03. The number of para-hydroxylation sites is 3. The molecule has 1 atom stereocenters. The van der Waals surface area contributed by atoms with Crippen molar-refractivity contribution in [3.8, 4) is 39.7 Å². The van der Waals surface area contributed by atoms with Gasteiger partial charge in [-0.05, 0) is 53.1 Å². The van der Waals surface area contributed by atoms with Crippen LogP contribution in [0.2, 0.25) is 0 Å². The number of pyridine rings is 1. The first-order valence-corrected chi connectivity index (χ1v) is 14.9. The Morgan fingerprint density at radius 3 is 2.30 bits per heavy atom. The lowest BCUT2D eigenvalue weighted by atomic mass is 9.87. The number of aromatic nitrogens is 2. The Hall–Kier alpha value is -5.87. The van der Waals surface area contributed by atoms with Crippen LogP contribution in [-0.2, 0) is 0 Å². The largest absolute Gasteiger partial charge is 0.456 e. The zero-order chi connectivity index (χ0) is 29.0. The number of hydrogen-bond donors (Lipinski definition) is 1. The smallest absolute Gasteiger partial charge is 0.140 e. The van der Waals surface area contributed by atoms with Gasteiger partial charge in [0.15, 0.2) is 0 Å². The van der Waals surface area contributed by atoms with E-state index in [2.05, 4.69) is 137 Å². The van der Waals surface area contributed by atoms with Gasteiger partial charge in [-0.3, -0.25) is 4.57 Å². The van der Waals surface area contributed by atoms with E-state index in [1.165, 1.54) is 11.1 Å². The average Bonchev–Trinajstić information content (AvgIpc) is 3.36. The van der Waals surface area contributed by atoms with Gasteiger partial charge in [0.05, 0.1) is 17.3 Å². The van der Waals surface area contributed by atoms with E-state index in [4.69, 9.17) is 9.72 Å². The Morgan fingerprint density at radius 1 is 0.636 bits per heavy atom. The first kappa shape index (κ1) is 24.7. The summed E-state index contributed by atoms with van der Waals surface area (Å²) in [6.07, 6.45) is 4.10. The van der Waals surface area contributed by atoms with Crippen LogP contribution in [0.25, 0.3) is 50.9 Å².